The third-order valence-electron chi connectivity index (χ3n) is 4.99. The van der Waals surface area contributed by atoms with Crippen LogP contribution < -0.4 is 15.5 Å². The minimum absolute atomic E-state index is 0. The molecule has 0 atom stereocenters. The first-order chi connectivity index (χ1) is 12.1. The van der Waals surface area contributed by atoms with E-state index in [2.05, 4.69) is 63.8 Å². The van der Waals surface area contributed by atoms with Crippen molar-refractivity contribution in [3.05, 3.63) is 17.5 Å². The zero-order valence-corrected chi connectivity index (χ0v) is 19.8. The Labute approximate surface area is 180 Å². The van der Waals surface area contributed by atoms with E-state index < -0.39 is 0 Å². The Morgan fingerprint density at radius 2 is 2.08 bits per heavy atom. The van der Waals surface area contributed by atoms with Crippen molar-refractivity contribution in [3.8, 4) is 0 Å². The molecule has 26 heavy (non-hydrogen) atoms. The zero-order chi connectivity index (χ0) is 18.1. The van der Waals surface area contributed by atoms with Gasteiger partial charge in [0.15, 0.2) is 5.96 Å². The average molecular weight is 494 g/mol. The van der Waals surface area contributed by atoms with Crippen LogP contribution in [0, 0.1) is 0 Å². The molecule has 1 fully saturated rings. The number of hydrogen-bond donors (Lipinski definition) is 2. The Bertz CT molecular complexity index is 498. The van der Waals surface area contributed by atoms with Gasteiger partial charge in [-0.05, 0) is 70.6 Å². The summed E-state index contributed by atoms with van der Waals surface area (Å²) in [6, 6.07) is 5.50. The van der Waals surface area contributed by atoms with Crippen molar-refractivity contribution in [1.82, 2.24) is 15.5 Å². The van der Waals surface area contributed by atoms with Crippen molar-refractivity contribution >= 4 is 46.3 Å². The number of unbranched alkanes of at least 4 members (excludes halogenated alkanes) is 1. The first-order valence-corrected chi connectivity index (χ1v) is 10.4. The fourth-order valence-electron chi connectivity index (χ4n) is 3.03. The zero-order valence-electron chi connectivity index (χ0n) is 16.7. The molecule has 1 saturated heterocycles. The highest BCUT2D eigenvalue weighted by molar-refractivity contribution is 14.0. The van der Waals surface area contributed by atoms with Gasteiger partial charge in [-0.15, -0.1) is 35.3 Å². The van der Waals surface area contributed by atoms with Crippen LogP contribution in [0.5, 0.6) is 0 Å². The highest BCUT2D eigenvalue weighted by atomic mass is 127. The van der Waals surface area contributed by atoms with Crippen LogP contribution in [0.25, 0.3) is 0 Å². The summed E-state index contributed by atoms with van der Waals surface area (Å²) in [7, 11) is 4.06. The fourth-order valence-corrected chi connectivity index (χ4v) is 3.82. The number of nitrogens with one attached hydrogen (secondary N) is 2. The second-order valence-electron chi connectivity index (χ2n) is 7.14. The first-order valence-electron chi connectivity index (χ1n) is 9.56. The molecule has 0 aromatic carbocycles. The lowest BCUT2D eigenvalue weighted by molar-refractivity contribution is 0.268. The number of piperidine rings is 1. The van der Waals surface area contributed by atoms with Crippen molar-refractivity contribution < 1.29 is 0 Å². The van der Waals surface area contributed by atoms with Crippen LogP contribution in [0.4, 0.5) is 5.00 Å². The van der Waals surface area contributed by atoms with Gasteiger partial charge in [0.2, 0.25) is 0 Å². The molecule has 0 aliphatic carbocycles. The smallest absolute Gasteiger partial charge is 0.191 e. The number of halogens is 1. The summed E-state index contributed by atoms with van der Waals surface area (Å²) in [6.45, 7) is 8.88. The standard InChI is InChI=1S/C19H35N5S.HI/c1-16(2)23(4)12-6-5-11-21-19(20-3)22-17-9-13-24(14-10-17)18-8-7-15-25-18;/h7-8,15-17H,5-6,9-14H2,1-4H3,(H2,20,21,22);1H. The third kappa shape index (κ3) is 8.00. The molecule has 0 bridgehead atoms. The van der Waals surface area contributed by atoms with Gasteiger partial charge in [-0.25, -0.2) is 0 Å². The molecule has 0 unspecified atom stereocenters. The Balaban J connectivity index is 0.00000338. The molecule has 2 rings (SSSR count). The van der Waals surface area contributed by atoms with E-state index in [9.17, 15) is 0 Å². The van der Waals surface area contributed by atoms with Gasteiger partial charge in [0.1, 0.15) is 0 Å². The largest absolute Gasteiger partial charge is 0.363 e. The van der Waals surface area contributed by atoms with Gasteiger partial charge in [0.05, 0.1) is 5.00 Å². The van der Waals surface area contributed by atoms with Gasteiger partial charge in [-0.2, -0.15) is 0 Å². The van der Waals surface area contributed by atoms with Crippen LogP contribution in [-0.4, -0.2) is 63.2 Å². The normalized spacial score (nSPS) is 16.1. The van der Waals surface area contributed by atoms with Crippen LogP contribution in [0.2, 0.25) is 0 Å². The summed E-state index contributed by atoms with van der Waals surface area (Å²) in [4.78, 5) is 9.27. The molecule has 0 radical (unpaired) electrons. The van der Waals surface area contributed by atoms with Crippen molar-refractivity contribution in [1.29, 1.82) is 0 Å². The summed E-state index contributed by atoms with van der Waals surface area (Å²) in [5, 5.41) is 10.6. The second-order valence-corrected chi connectivity index (χ2v) is 8.06. The van der Waals surface area contributed by atoms with E-state index in [-0.39, 0.29) is 24.0 Å². The van der Waals surface area contributed by atoms with Crippen LogP contribution in [0.15, 0.2) is 22.5 Å². The maximum absolute atomic E-state index is 4.38. The summed E-state index contributed by atoms with van der Waals surface area (Å²) in [6.07, 6.45) is 4.72. The number of anilines is 1. The molecule has 0 amide bonds. The molecule has 7 heteroatoms. The number of aliphatic imine (C=N–C) groups is 1. The Kier molecular flexibility index (Phi) is 11.5. The number of thiophene rings is 1. The maximum Gasteiger partial charge on any atom is 0.191 e. The van der Waals surface area contributed by atoms with Crippen LogP contribution in [0.1, 0.15) is 39.5 Å². The highest BCUT2D eigenvalue weighted by Gasteiger charge is 2.20. The second kappa shape index (κ2) is 12.8. The lowest BCUT2D eigenvalue weighted by Crippen LogP contribution is -2.48. The van der Waals surface area contributed by atoms with E-state index in [4.69, 9.17) is 0 Å². The van der Waals surface area contributed by atoms with E-state index in [0.29, 0.717) is 12.1 Å². The Morgan fingerprint density at radius 1 is 1.35 bits per heavy atom. The molecule has 1 aliphatic rings. The van der Waals surface area contributed by atoms with E-state index in [1.54, 1.807) is 0 Å². The van der Waals surface area contributed by atoms with Gasteiger partial charge in [0.25, 0.3) is 0 Å². The summed E-state index contributed by atoms with van der Waals surface area (Å²) in [5.41, 5.74) is 0. The molecule has 1 aliphatic heterocycles. The highest BCUT2D eigenvalue weighted by Crippen LogP contribution is 2.24. The minimum Gasteiger partial charge on any atom is -0.363 e. The summed E-state index contributed by atoms with van der Waals surface area (Å²) < 4.78 is 0. The molecule has 1 aromatic heterocycles. The van der Waals surface area contributed by atoms with Crippen molar-refractivity contribution in [3.63, 3.8) is 0 Å². The van der Waals surface area contributed by atoms with Crippen LogP contribution in [0.3, 0.4) is 0 Å². The third-order valence-corrected chi connectivity index (χ3v) is 5.92. The lowest BCUT2D eigenvalue weighted by Gasteiger charge is -2.33. The molecular formula is C19H36IN5S. The molecule has 1 aromatic rings. The molecule has 0 saturated carbocycles. The Hall–Kier alpha value is -0.540. The topological polar surface area (TPSA) is 42.9 Å². The molecule has 150 valence electrons. The van der Waals surface area contributed by atoms with Gasteiger partial charge in [-0.3, -0.25) is 4.99 Å². The van der Waals surface area contributed by atoms with Gasteiger partial charge >= 0.3 is 0 Å². The minimum atomic E-state index is 0. The SMILES string of the molecule is CN=C(NCCCCN(C)C(C)C)NC1CCN(c2cccs2)CC1.I. The maximum atomic E-state index is 4.38. The van der Waals surface area contributed by atoms with Gasteiger partial charge in [0, 0.05) is 38.8 Å². The first kappa shape index (κ1) is 23.5. The average Bonchev–Trinajstić information content (AvgIpc) is 3.15. The molecule has 2 heterocycles. The quantitative estimate of drug-likeness (QED) is 0.251. The van der Waals surface area contributed by atoms with Gasteiger partial charge in [-0.1, -0.05) is 0 Å². The van der Waals surface area contributed by atoms with Crippen molar-refractivity contribution in [2.24, 2.45) is 4.99 Å². The van der Waals surface area contributed by atoms with E-state index in [0.717, 1.165) is 45.0 Å². The summed E-state index contributed by atoms with van der Waals surface area (Å²) >= 11 is 1.83. The summed E-state index contributed by atoms with van der Waals surface area (Å²) in [5.74, 6) is 0.951. The number of nitrogens with zero attached hydrogens (tertiary/aromatic N) is 3. The van der Waals surface area contributed by atoms with Crippen LogP contribution in [-0.2, 0) is 0 Å². The lowest BCUT2D eigenvalue weighted by atomic mass is 10.1. The molecule has 5 nitrogen and oxygen atoms in total. The van der Waals surface area contributed by atoms with Gasteiger partial charge < -0.3 is 20.4 Å². The van der Waals surface area contributed by atoms with E-state index in [1.165, 1.54) is 17.8 Å². The number of rotatable bonds is 8. The predicted octanol–water partition coefficient (Wildman–Crippen LogP) is 3.62. The van der Waals surface area contributed by atoms with Crippen LogP contribution >= 0.6 is 35.3 Å². The molecular weight excluding hydrogens is 457 g/mol. The monoisotopic (exact) mass is 493 g/mol. The van der Waals surface area contributed by atoms with E-state index >= 15 is 0 Å². The van der Waals surface area contributed by atoms with Crippen molar-refractivity contribution in [2.45, 2.75) is 51.6 Å². The number of guanidine groups is 1. The fraction of sp³-hybridized carbons (Fsp3) is 0.737. The van der Waals surface area contributed by atoms with Crippen molar-refractivity contribution in [2.75, 3.05) is 45.2 Å². The molecule has 0 spiro atoms. The number of hydrogen-bond acceptors (Lipinski definition) is 4. The predicted molar refractivity (Wildman–Crippen MR) is 126 cm³/mol. The Morgan fingerprint density at radius 3 is 2.65 bits per heavy atom. The van der Waals surface area contributed by atoms with E-state index in [1.807, 2.05) is 18.4 Å². The molecule has 2 N–H and O–H groups in total.